The fraction of sp³-hybridized carbons (Fsp3) is 0.600. The highest BCUT2D eigenvalue weighted by Crippen LogP contribution is 2.26. The number of fused-ring (bicyclic) bond motifs is 1. The van der Waals surface area contributed by atoms with Gasteiger partial charge in [0, 0.05) is 32.2 Å². The Hall–Kier alpha value is -0.580. The van der Waals surface area contributed by atoms with Crippen LogP contribution < -0.4 is 0 Å². The summed E-state index contributed by atoms with van der Waals surface area (Å²) in [6, 6.07) is 6.59. The smallest absolute Gasteiger partial charge is 0.129 e. The number of hydrogen-bond acceptors (Lipinski definition) is 3. The molecule has 0 saturated carbocycles. The molecule has 0 radical (unpaired) electrons. The zero-order valence-electron chi connectivity index (χ0n) is 11.2. The van der Waals surface area contributed by atoms with Gasteiger partial charge in [0.1, 0.15) is 5.75 Å². The standard InChI is InChI=1S/C15H21BrN2O/c16-14-9-12(4-5-15(14)19)10-17-7-8-18-6-2-1-3-13(18)11-17/h4-5,9,13,19H,1-3,6-8,10-11H2. The summed E-state index contributed by atoms with van der Waals surface area (Å²) in [5, 5.41) is 9.54. The summed E-state index contributed by atoms with van der Waals surface area (Å²) in [6.45, 7) is 5.85. The topological polar surface area (TPSA) is 26.7 Å². The summed E-state index contributed by atoms with van der Waals surface area (Å²) in [4.78, 5) is 5.21. The Morgan fingerprint density at radius 2 is 2.11 bits per heavy atom. The molecule has 1 N–H and O–H groups in total. The molecule has 0 spiro atoms. The van der Waals surface area contributed by atoms with E-state index in [1.54, 1.807) is 6.07 Å². The molecule has 19 heavy (non-hydrogen) atoms. The van der Waals surface area contributed by atoms with Crippen molar-refractivity contribution in [1.29, 1.82) is 0 Å². The van der Waals surface area contributed by atoms with Crippen molar-refractivity contribution < 1.29 is 5.11 Å². The molecule has 0 aromatic heterocycles. The van der Waals surface area contributed by atoms with E-state index in [0.29, 0.717) is 5.75 Å². The molecule has 1 aromatic rings. The number of halogens is 1. The fourth-order valence-electron chi connectivity index (χ4n) is 3.27. The highest BCUT2D eigenvalue weighted by molar-refractivity contribution is 9.10. The van der Waals surface area contributed by atoms with Crippen LogP contribution in [-0.4, -0.2) is 47.1 Å². The third kappa shape index (κ3) is 3.12. The molecule has 2 heterocycles. The van der Waals surface area contributed by atoms with Crippen LogP contribution in [0.15, 0.2) is 22.7 Å². The summed E-state index contributed by atoms with van der Waals surface area (Å²) < 4.78 is 0.793. The lowest BCUT2D eigenvalue weighted by molar-refractivity contribution is 0.0457. The van der Waals surface area contributed by atoms with Gasteiger partial charge in [0.15, 0.2) is 0 Å². The van der Waals surface area contributed by atoms with E-state index in [2.05, 4.69) is 25.7 Å². The summed E-state index contributed by atoms with van der Waals surface area (Å²) in [7, 11) is 0. The number of benzene rings is 1. The van der Waals surface area contributed by atoms with Crippen molar-refractivity contribution in [3.8, 4) is 5.75 Å². The third-order valence-electron chi connectivity index (χ3n) is 4.34. The van der Waals surface area contributed by atoms with E-state index in [1.807, 2.05) is 12.1 Å². The van der Waals surface area contributed by atoms with E-state index in [9.17, 15) is 5.11 Å². The van der Waals surface area contributed by atoms with E-state index >= 15 is 0 Å². The number of aromatic hydroxyl groups is 1. The van der Waals surface area contributed by atoms with Crippen molar-refractivity contribution in [3.63, 3.8) is 0 Å². The van der Waals surface area contributed by atoms with Gasteiger partial charge in [0.05, 0.1) is 4.47 Å². The first-order valence-corrected chi connectivity index (χ1v) is 7.95. The average molecular weight is 325 g/mol. The van der Waals surface area contributed by atoms with Gasteiger partial charge < -0.3 is 5.11 Å². The lowest BCUT2D eigenvalue weighted by Gasteiger charge is -2.44. The van der Waals surface area contributed by atoms with Crippen molar-refractivity contribution in [2.45, 2.75) is 31.8 Å². The van der Waals surface area contributed by atoms with Crippen LogP contribution in [0.1, 0.15) is 24.8 Å². The van der Waals surface area contributed by atoms with Crippen molar-refractivity contribution in [2.24, 2.45) is 0 Å². The average Bonchev–Trinajstić information content (AvgIpc) is 2.43. The van der Waals surface area contributed by atoms with Crippen molar-refractivity contribution in [1.82, 2.24) is 9.80 Å². The first-order chi connectivity index (χ1) is 9.22. The summed E-state index contributed by atoms with van der Waals surface area (Å²) in [6.07, 6.45) is 4.12. The van der Waals surface area contributed by atoms with Crippen LogP contribution in [0.5, 0.6) is 5.75 Å². The minimum Gasteiger partial charge on any atom is -0.507 e. The number of nitrogens with zero attached hydrogens (tertiary/aromatic N) is 2. The second-order valence-corrected chi connectivity index (χ2v) is 6.56. The molecule has 2 aliphatic rings. The van der Waals surface area contributed by atoms with Gasteiger partial charge in [-0.25, -0.2) is 0 Å². The molecule has 1 aromatic carbocycles. The Bertz CT molecular complexity index is 452. The largest absolute Gasteiger partial charge is 0.507 e. The molecule has 1 atom stereocenters. The normalized spacial score (nSPS) is 25.2. The van der Waals surface area contributed by atoms with Crippen LogP contribution in [0.3, 0.4) is 0 Å². The highest BCUT2D eigenvalue weighted by atomic mass is 79.9. The zero-order valence-corrected chi connectivity index (χ0v) is 12.8. The predicted octanol–water partition coefficient (Wildman–Crippen LogP) is 2.82. The second kappa shape index (κ2) is 5.81. The Morgan fingerprint density at radius 3 is 2.95 bits per heavy atom. The third-order valence-corrected chi connectivity index (χ3v) is 4.97. The van der Waals surface area contributed by atoms with E-state index in [1.165, 1.54) is 44.5 Å². The summed E-state index contributed by atoms with van der Waals surface area (Å²) in [5.74, 6) is 0.320. The molecule has 3 rings (SSSR count). The van der Waals surface area contributed by atoms with Crippen molar-refractivity contribution in [2.75, 3.05) is 26.2 Å². The lowest BCUT2D eigenvalue weighted by atomic mass is 9.99. The Morgan fingerprint density at radius 1 is 1.21 bits per heavy atom. The molecule has 0 amide bonds. The van der Waals surface area contributed by atoms with Crippen LogP contribution in [0.2, 0.25) is 0 Å². The van der Waals surface area contributed by atoms with Gasteiger partial charge in [0.25, 0.3) is 0 Å². The number of rotatable bonds is 2. The van der Waals surface area contributed by atoms with Gasteiger partial charge in [0.2, 0.25) is 0 Å². The second-order valence-electron chi connectivity index (χ2n) is 5.71. The minimum atomic E-state index is 0.320. The van der Waals surface area contributed by atoms with E-state index in [0.717, 1.165) is 23.6 Å². The van der Waals surface area contributed by atoms with Gasteiger partial charge in [-0.05, 0) is 53.0 Å². The van der Waals surface area contributed by atoms with Crippen molar-refractivity contribution >= 4 is 15.9 Å². The van der Waals surface area contributed by atoms with E-state index in [-0.39, 0.29) is 0 Å². The molecule has 2 aliphatic heterocycles. The zero-order chi connectivity index (χ0) is 13.2. The fourth-order valence-corrected chi connectivity index (χ4v) is 3.70. The summed E-state index contributed by atoms with van der Waals surface area (Å²) >= 11 is 3.39. The Kier molecular flexibility index (Phi) is 4.10. The maximum Gasteiger partial charge on any atom is 0.129 e. The van der Waals surface area contributed by atoms with Crippen molar-refractivity contribution in [3.05, 3.63) is 28.2 Å². The lowest BCUT2D eigenvalue weighted by Crippen LogP contribution is -2.54. The molecule has 1 unspecified atom stereocenters. The quantitative estimate of drug-likeness (QED) is 0.906. The minimum absolute atomic E-state index is 0.320. The van der Waals surface area contributed by atoms with Gasteiger partial charge in [-0.2, -0.15) is 0 Å². The molecular weight excluding hydrogens is 304 g/mol. The number of piperidine rings is 1. The monoisotopic (exact) mass is 324 g/mol. The van der Waals surface area contributed by atoms with Gasteiger partial charge >= 0.3 is 0 Å². The SMILES string of the molecule is Oc1ccc(CN2CCN3CCCCC3C2)cc1Br. The predicted molar refractivity (Wildman–Crippen MR) is 80.3 cm³/mol. The first-order valence-electron chi connectivity index (χ1n) is 7.16. The number of hydrogen-bond donors (Lipinski definition) is 1. The van der Waals surface area contributed by atoms with Crippen LogP contribution in [0, 0.1) is 0 Å². The molecule has 104 valence electrons. The maximum atomic E-state index is 9.54. The molecule has 2 saturated heterocycles. The van der Waals surface area contributed by atoms with E-state index < -0.39 is 0 Å². The van der Waals surface area contributed by atoms with Crippen LogP contribution in [-0.2, 0) is 6.54 Å². The van der Waals surface area contributed by atoms with Gasteiger partial charge in [-0.15, -0.1) is 0 Å². The molecule has 2 fully saturated rings. The Labute approximate surface area is 123 Å². The van der Waals surface area contributed by atoms with Crippen LogP contribution in [0.25, 0.3) is 0 Å². The number of piperazine rings is 1. The Balaban J connectivity index is 1.62. The molecular formula is C15H21BrN2O. The van der Waals surface area contributed by atoms with E-state index in [4.69, 9.17) is 0 Å². The van der Waals surface area contributed by atoms with Crippen LogP contribution >= 0.6 is 15.9 Å². The highest BCUT2D eigenvalue weighted by Gasteiger charge is 2.28. The summed E-state index contributed by atoms with van der Waals surface area (Å²) in [5.41, 5.74) is 1.27. The van der Waals surface area contributed by atoms with Gasteiger partial charge in [-0.1, -0.05) is 12.5 Å². The maximum absolute atomic E-state index is 9.54. The number of phenolic OH excluding ortho intramolecular Hbond substituents is 1. The molecule has 4 heteroatoms. The molecule has 0 bridgehead atoms. The number of phenols is 1. The molecule has 0 aliphatic carbocycles. The molecule has 3 nitrogen and oxygen atoms in total. The first kappa shape index (κ1) is 13.4. The van der Waals surface area contributed by atoms with Crippen LogP contribution in [0.4, 0.5) is 0 Å². The van der Waals surface area contributed by atoms with Gasteiger partial charge in [-0.3, -0.25) is 9.80 Å².